The van der Waals surface area contributed by atoms with Gasteiger partial charge in [-0.3, -0.25) is 9.38 Å². The van der Waals surface area contributed by atoms with Crippen LogP contribution < -0.4 is 4.74 Å². The summed E-state index contributed by atoms with van der Waals surface area (Å²) in [5.74, 6) is 0.855. The first-order valence-corrected chi connectivity index (χ1v) is 12.1. The lowest BCUT2D eigenvalue weighted by atomic mass is 10.0. The van der Waals surface area contributed by atoms with Gasteiger partial charge in [0.2, 0.25) is 0 Å². The highest BCUT2D eigenvalue weighted by atomic mass is 79.9. The van der Waals surface area contributed by atoms with E-state index < -0.39 is 0 Å². The van der Waals surface area contributed by atoms with Crippen LogP contribution >= 0.6 is 15.9 Å². The summed E-state index contributed by atoms with van der Waals surface area (Å²) in [5, 5.41) is 0.806. The summed E-state index contributed by atoms with van der Waals surface area (Å²) in [6, 6.07) is 25.0. The number of alkyl halides is 1. The summed E-state index contributed by atoms with van der Waals surface area (Å²) in [6.07, 6.45) is 3.97. The molecule has 3 heterocycles. The molecule has 5 aromatic rings. The van der Waals surface area contributed by atoms with Gasteiger partial charge in [-0.15, -0.1) is 0 Å². The van der Waals surface area contributed by atoms with E-state index in [0.29, 0.717) is 6.61 Å². The topological polar surface area (TPSA) is 39.4 Å². The molecule has 33 heavy (non-hydrogen) atoms. The lowest BCUT2D eigenvalue weighted by Crippen LogP contribution is -1.97. The molecule has 0 unspecified atom stereocenters. The van der Waals surface area contributed by atoms with Crippen LogP contribution in [0.5, 0.6) is 5.75 Å². The molecule has 164 valence electrons. The van der Waals surface area contributed by atoms with Crippen molar-refractivity contribution in [3.63, 3.8) is 0 Å². The van der Waals surface area contributed by atoms with Gasteiger partial charge in [0.15, 0.2) is 0 Å². The van der Waals surface area contributed by atoms with Crippen molar-refractivity contribution < 1.29 is 4.74 Å². The summed E-state index contributed by atoms with van der Waals surface area (Å²) in [4.78, 5) is 9.67. The Morgan fingerprint density at radius 1 is 0.848 bits per heavy atom. The highest BCUT2D eigenvalue weighted by molar-refractivity contribution is 9.09. The summed E-state index contributed by atoms with van der Waals surface area (Å²) >= 11 is 3.39. The molecular formula is C28H24BrN3O. The molecule has 4 nitrogen and oxygen atoms in total. The zero-order valence-corrected chi connectivity index (χ0v) is 20.2. The second-order valence-corrected chi connectivity index (χ2v) is 8.90. The predicted molar refractivity (Wildman–Crippen MR) is 138 cm³/mol. The molecule has 0 aliphatic rings. The molecule has 5 heteroatoms. The van der Waals surface area contributed by atoms with Crippen molar-refractivity contribution in [2.24, 2.45) is 0 Å². The van der Waals surface area contributed by atoms with Crippen molar-refractivity contribution in [1.29, 1.82) is 0 Å². The fourth-order valence-corrected chi connectivity index (χ4v) is 4.19. The number of fused-ring (bicyclic) bond motifs is 1. The molecule has 0 fully saturated rings. The first kappa shape index (κ1) is 21.4. The third-order valence-electron chi connectivity index (χ3n) is 5.60. The fourth-order valence-electron chi connectivity index (χ4n) is 4.03. The minimum atomic E-state index is 0.641. The molecule has 0 amide bonds. The van der Waals surface area contributed by atoms with Gasteiger partial charge in [-0.2, -0.15) is 0 Å². The highest BCUT2D eigenvalue weighted by Gasteiger charge is 2.17. The summed E-state index contributed by atoms with van der Waals surface area (Å²) < 4.78 is 7.85. The lowest BCUT2D eigenvalue weighted by molar-refractivity contribution is 0.345. The number of hydrogen-bond donors (Lipinski definition) is 0. The lowest BCUT2D eigenvalue weighted by Gasteiger charge is -2.09. The third kappa shape index (κ3) is 4.41. The van der Waals surface area contributed by atoms with Gasteiger partial charge in [-0.05, 0) is 74.0 Å². The normalized spacial score (nSPS) is 11.1. The molecule has 0 saturated carbocycles. The molecule has 0 N–H and O–H groups in total. The first-order chi connectivity index (χ1) is 16.1. The van der Waals surface area contributed by atoms with E-state index in [0.717, 1.165) is 50.5 Å². The quantitative estimate of drug-likeness (QED) is 0.234. The van der Waals surface area contributed by atoms with E-state index >= 15 is 0 Å². The smallest absolute Gasteiger partial charge is 0.138 e. The zero-order valence-electron chi connectivity index (χ0n) is 18.6. The molecule has 0 saturated heterocycles. The summed E-state index contributed by atoms with van der Waals surface area (Å²) in [7, 11) is 0. The SMILES string of the molecule is Cc1cccc(-c2nc3cc(C)ccn3c2-c2ccnc(-c3ccc(OCCBr)cc3)c2)c1. The molecule has 0 radical (unpaired) electrons. The molecule has 5 rings (SSSR count). The number of rotatable bonds is 6. The van der Waals surface area contributed by atoms with E-state index in [4.69, 9.17) is 9.72 Å². The Balaban J connectivity index is 1.63. The van der Waals surface area contributed by atoms with Crippen LogP contribution in [-0.4, -0.2) is 26.3 Å². The first-order valence-electron chi connectivity index (χ1n) is 10.9. The van der Waals surface area contributed by atoms with Crippen LogP contribution in [-0.2, 0) is 0 Å². The molecule has 0 aliphatic heterocycles. The molecule has 0 spiro atoms. The van der Waals surface area contributed by atoms with E-state index in [2.05, 4.69) is 106 Å². The Morgan fingerprint density at radius 3 is 2.45 bits per heavy atom. The maximum atomic E-state index is 5.68. The molecular weight excluding hydrogens is 474 g/mol. The molecule has 2 aromatic carbocycles. The van der Waals surface area contributed by atoms with Crippen molar-refractivity contribution in [2.45, 2.75) is 13.8 Å². The Kier molecular flexibility index (Phi) is 5.97. The number of pyridine rings is 2. The summed E-state index contributed by atoms with van der Waals surface area (Å²) in [6.45, 7) is 4.85. The van der Waals surface area contributed by atoms with Crippen LogP contribution in [0, 0.1) is 13.8 Å². The van der Waals surface area contributed by atoms with Crippen LogP contribution in [0.3, 0.4) is 0 Å². The number of imidazole rings is 1. The Hall–Kier alpha value is -3.44. The number of halogens is 1. The molecule has 0 atom stereocenters. The predicted octanol–water partition coefficient (Wildman–Crippen LogP) is 7.12. The average Bonchev–Trinajstić information content (AvgIpc) is 3.22. The van der Waals surface area contributed by atoms with Gasteiger partial charge in [0.1, 0.15) is 11.4 Å². The summed E-state index contributed by atoms with van der Waals surface area (Å²) in [5.41, 5.74) is 9.52. The van der Waals surface area contributed by atoms with Crippen LogP contribution in [0.2, 0.25) is 0 Å². The molecule has 0 bridgehead atoms. The largest absolute Gasteiger partial charge is 0.493 e. The maximum Gasteiger partial charge on any atom is 0.138 e. The van der Waals surface area contributed by atoms with E-state index in [1.54, 1.807) is 0 Å². The van der Waals surface area contributed by atoms with Crippen LogP contribution in [0.4, 0.5) is 0 Å². The number of nitrogens with zero attached hydrogens (tertiary/aromatic N) is 3. The second-order valence-electron chi connectivity index (χ2n) is 8.10. The van der Waals surface area contributed by atoms with Gasteiger partial charge in [-0.25, -0.2) is 4.98 Å². The maximum absolute atomic E-state index is 5.68. The number of aromatic nitrogens is 3. The van der Waals surface area contributed by atoms with Gasteiger partial charge in [0.05, 0.1) is 23.7 Å². The van der Waals surface area contributed by atoms with Crippen molar-refractivity contribution in [3.8, 4) is 39.5 Å². The van der Waals surface area contributed by atoms with E-state index in [-0.39, 0.29) is 0 Å². The van der Waals surface area contributed by atoms with Crippen LogP contribution in [0.25, 0.3) is 39.4 Å². The Morgan fingerprint density at radius 2 is 1.67 bits per heavy atom. The number of aryl methyl sites for hydroxylation is 2. The number of ether oxygens (including phenoxy) is 1. The standard InChI is InChI=1S/C28H24BrN3O/c1-19-4-3-5-22(16-19)27-28(32-14-11-20(2)17-26(32)31-27)23-10-13-30-25(18-23)21-6-8-24(9-7-21)33-15-12-29/h3-11,13-14,16-18H,12,15H2,1-2H3. The second kappa shape index (κ2) is 9.20. The molecule has 3 aromatic heterocycles. The van der Waals surface area contributed by atoms with Crippen molar-refractivity contribution in [3.05, 3.63) is 96.3 Å². The monoisotopic (exact) mass is 497 g/mol. The van der Waals surface area contributed by atoms with Crippen LogP contribution in [0.15, 0.2) is 85.2 Å². The van der Waals surface area contributed by atoms with Gasteiger partial charge in [0, 0.05) is 34.4 Å². The van der Waals surface area contributed by atoms with Gasteiger partial charge >= 0.3 is 0 Å². The number of hydrogen-bond acceptors (Lipinski definition) is 3. The third-order valence-corrected chi connectivity index (χ3v) is 5.93. The zero-order chi connectivity index (χ0) is 22.8. The number of benzene rings is 2. The van der Waals surface area contributed by atoms with E-state index in [1.165, 1.54) is 11.1 Å². The van der Waals surface area contributed by atoms with E-state index in [1.807, 2.05) is 18.3 Å². The van der Waals surface area contributed by atoms with Crippen molar-refractivity contribution in [1.82, 2.24) is 14.4 Å². The minimum Gasteiger partial charge on any atom is -0.493 e. The minimum absolute atomic E-state index is 0.641. The Labute approximate surface area is 202 Å². The van der Waals surface area contributed by atoms with E-state index in [9.17, 15) is 0 Å². The van der Waals surface area contributed by atoms with Crippen molar-refractivity contribution >= 4 is 21.6 Å². The highest BCUT2D eigenvalue weighted by Crippen LogP contribution is 2.35. The van der Waals surface area contributed by atoms with Crippen LogP contribution in [0.1, 0.15) is 11.1 Å². The average molecular weight is 498 g/mol. The Bertz CT molecular complexity index is 1420. The van der Waals surface area contributed by atoms with Gasteiger partial charge in [0.25, 0.3) is 0 Å². The molecule has 0 aliphatic carbocycles. The van der Waals surface area contributed by atoms with Crippen molar-refractivity contribution in [2.75, 3.05) is 11.9 Å². The van der Waals surface area contributed by atoms with Gasteiger partial charge in [-0.1, -0.05) is 39.7 Å². The fraction of sp³-hybridized carbons (Fsp3) is 0.143. The van der Waals surface area contributed by atoms with Gasteiger partial charge < -0.3 is 4.74 Å².